The van der Waals surface area contributed by atoms with Gasteiger partial charge in [-0.25, -0.2) is 0 Å². The first-order valence-electron chi connectivity index (χ1n) is 6.34. The number of hydrogen-bond donors (Lipinski definition) is 2. The molecule has 0 saturated carbocycles. The smallest absolute Gasteiger partial charge is 0.387 e. The molecule has 0 aliphatic heterocycles. The zero-order valence-corrected chi connectivity index (χ0v) is 11.4. The van der Waals surface area contributed by atoms with Gasteiger partial charge in [-0.05, 0) is 36.6 Å². The van der Waals surface area contributed by atoms with E-state index in [9.17, 15) is 8.78 Å². The lowest BCUT2D eigenvalue weighted by Crippen LogP contribution is -2.09. The second kappa shape index (κ2) is 6.00. The first-order valence-corrected chi connectivity index (χ1v) is 6.34. The molecule has 3 N–H and O–H groups in total. The van der Waals surface area contributed by atoms with Crippen LogP contribution in [-0.2, 0) is 6.42 Å². The molecule has 1 aromatic carbocycles. The van der Waals surface area contributed by atoms with Gasteiger partial charge in [0, 0.05) is 11.1 Å². The molecule has 20 heavy (non-hydrogen) atoms. The molecule has 2 rings (SSSR count). The minimum atomic E-state index is -2.85. The molecular formula is C14H17F2N3O. The van der Waals surface area contributed by atoms with Crippen LogP contribution in [0.2, 0.25) is 0 Å². The summed E-state index contributed by atoms with van der Waals surface area (Å²) in [5.74, 6) is 6.05. The lowest BCUT2D eigenvalue weighted by Gasteiger charge is -2.12. The number of nitrogens with one attached hydrogen (secondary N) is 1. The average molecular weight is 281 g/mol. The van der Waals surface area contributed by atoms with Gasteiger partial charge >= 0.3 is 6.61 Å². The van der Waals surface area contributed by atoms with Gasteiger partial charge in [0.1, 0.15) is 5.75 Å². The predicted molar refractivity (Wildman–Crippen MR) is 74.7 cm³/mol. The number of fused-ring (bicyclic) bond motifs is 1. The van der Waals surface area contributed by atoms with Crippen LogP contribution in [-0.4, -0.2) is 11.6 Å². The summed E-state index contributed by atoms with van der Waals surface area (Å²) in [6, 6.07) is 6.45. The van der Waals surface area contributed by atoms with Crippen LogP contribution in [0.5, 0.6) is 5.75 Å². The summed E-state index contributed by atoms with van der Waals surface area (Å²) in [4.78, 5) is 4.51. The Morgan fingerprint density at radius 2 is 2.05 bits per heavy atom. The number of nitrogens with zero attached hydrogens (tertiary/aromatic N) is 1. The van der Waals surface area contributed by atoms with Gasteiger partial charge in [-0.2, -0.15) is 8.78 Å². The van der Waals surface area contributed by atoms with E-state index in [1.807, 2.05) is 6.07 Å². The standard InChI is InChI=1S/C14H17F2N3O/c1-8(2)5-9-6-13(19-17)11-7-10(20-14(15)16)3-4-12(11)18-9/h3-4,6-8,14H,5,17H2,1-2H3,(H,18,19). The number of hydrogen-bond acceptors (Lipinski definition) is 4. The van der Waals surface area contributed by atoms with E-state index in [-0.39, 0.29) is 5.75 Å². The summed E-state index contributed by atoms with van der Waals surface area (Å²) in [6.07, 6.45) is 0.819. The summed E-state index contributed by atoms with van der Waals surface area (Å²) in [5.41, 5.74) is 4.82. The van der Waals surface area contributed by atoms with E-state index in [1.165, 1.54) is 12.1 Å². The number of nitrogen functional groups attached to an aromatic ring is 1. The van der Waals surface area contributed by atoms with Crippen molar-refractivity contribution < 1.29 is 13.5 Å². The second-order valence-electron chi connectivity index (χ2n) is 4.96. The van der Waals surface area contributed by atoms with Crippen molar-refractivity contribution >= 4 is 16.6 Å². The van der Waals surface area contributed by atoms with E-state index >= 15 is 0 Å². The molecule has 4 nitrogen and oxygen atoms in total. The Labute approximate surface area is 115 Å². The van der Waals surface area contributed by atoms with Crippen molar-refractivity contribution in [2.45, 2.75) is 26.9 Å². The van der Waals surface area contributed by atoms with Crippen LogP contribution in [0.1, 0.15) is 19.5 Å². The van der Waals surface area contributed by atoms with Crippen molar-refractivity contribution in [3.63, 3.8) is 0 Å². The molecule has 0 saturated heterocycles. The van der Waals surface area contributed by atoms with Gasteiger partial charge in [-0.1, -0.05) is 13.8 Å². The van der Waals surface area contributed by atoms with Crippen LogP contribution in [0.25, 0.3) is 10.9 Å². The van der Waals surface area contributed by atoms with Crippen molar-refractivity contribution in [3.05, 3.63) is 30.0 Å². The highest BCUT2D eigenvalue weighted by atomic mass is 19.3. The highest BCUT2D eigenvalue weighted by Gasteiger charge is 2.10. The topological polar surface area (TPSA) is 60.2 Å². The summed E-state index contributed by atoms with van der Waals surface area (Å²) >= 11 is 0. The van der Waals surface area contributed by atoms with Crippen LogP contribution >= 0.6 is 0 Å². The number of benzene rings is 1. The number of aromatic nitrogens is 1. The van der Waals surface area contributed by atoms with E-state index in [1.54, 1.807) is 6.07 Å². The highest BCUT2D eigenvalue weighted by molar-refractivity contribution is 5.92. The quantitative estimate of drug-likeness (QED) is 0.652. The summed E-state index contributed by atoms with van der Waals surface area (Å²) < 4.78 is 28.9. The van der Waals surface area contributed by atoms with E-state index in [0.29, 0.717) is 22.5 Å². The number of nitrogens with two attached hydrogens (primary N) is 1. The zero-order valence-electron chi connectivity index (χ0n) is 11.4. The maximum absolute atomic E-state index is 12.2. The Balaban J connectivity index is 2.47. The van der Waals surface area contributed by atoms with Crippen molar-refractivity contribution in [2.75, 3.05) is 5.43 Å². The molecule has 0 bridgehead atoms. The average Bonchev–Trinajstić information content (AvgIpc) is 2.36. The molecule has 0 radical (unpaired) electrons. The molecule has 0 amide bonds. The van der Waals surface area contributed by atoms with Gasteiger partial charge < -0.3 is 10.2 Å². The Hall–Kier alpha value is -1.95. The number of pyridine rings is 1. The third-order valence-electron chi connectivity index (χ3n) is 2.83. The molecule has 0 aliphatic carbocycles. The summed E-state index contributed by atoms with van der Waals surface area (Å²) in [7, 11) is 0. The Morgan fingerprint density at radius 1 is 1.30 bits per heavy atom. The summed E-state index contributed by atoms with van der Waals surface area (Å²) in [5, 5.41) is 0.651. The first kappa shape index (κ1) is 14.5. The fourth-order valence-electron chi connectivity index (χ4n) is 2.08. The third-order valence-corrected chi connectivity index (χ3v) is 2.83. The normalized spacial score (nSPS) is 11.3. The first-order chi connectivity index (χ1) is 9.49. The van der Waals surface area contributed by atoms with Gasteiger partial charge in [0.2, 0.25) is 0 Å². The maximum Gasteiger partial charge on any atom is 0.387 e. The number of alkyl halides is 2. The van der Waals surface area contributed by atoms with Crippen molar-refractivity contribution in [1.82, 2.24) is 4.98 Å². The van der Waals surface area contributed by atoms with E-state index in [2.05, 4.69) is 29.0 Å². The molecule has 2 aromatic rings. The summed E-state index contributed by atoms with van der Waals surface area (Å²) in [6.45, 7) is 1.34. The van der Waals surface area contributed by atoms with Crippen molar-refractivity contribution in [2.24, 2.45) is 11.8 Å². The van der Waals surface area contributed by atoms with Crippen molar-refractivity contribution in [1.29, 1.82) is 0 Å². The highest BCUT2D eigenvalue weighted by Crippen LogP contribution is 2.28. The fraction of sp³-hybridized carbons (Fsp3) is 0.357. The van der Waals surface area contributed by atoms with Crippen LogP contribution < -0.4 is 16.0 Å². The van der Waals surface area contributed by atoms with E-state index in [4.69, 9.17) is 5.84 Å². The largest absolute Gasteiger partial charge is 0.435 e. The predicted octanol–water partition coefficient (Wildman–Crippen LogP) is 3.32. The van der Waals surface area contributed by atoms with Crippen molar-refractivity contribution in [3.8, 4) is 5.75 Å². The SMILES string of the molecule is CC(C)Cc1cc(NN)c2cc(OC(F)F)ccc2n1. The molecular weight excluding hydrogens is 264 g/mol. The van der Waals surface area contributed by atoms with Crippen LogP contribution in [0, 0.1) is 5.92 Å². The second-order valence-corrected chi connectivity index (χ2v) is 4.96. The Bertz CT molecular complexity index is 602. The molecule has 1 aromatic heterocycles. The lowest BCUT2D eigenvalue weighted by molar-refractivity contribution is -0.0497. The van der Waals surface area contributed by atoms with Gasteiger partial charge in [0.25, 0.3) is 0 Å². The molecule has 0 aliphatic rings. The molecule has 0 unspecified atom stereocenters. The van der Waals surface area contributed by atoms with Crippen LogP contribution in [0.15, 0.2) is 24.3 Å². The van der Waals surface area contributed by atoms with Crippen LogP contribution in [0.3, 0.4) is 0 Å². The monoisotopic (exact) mass is 281 g/mol. The molecule has 0 fully saturated rings. The van der Waals surface area contributed by atoms with Gasteiger partial charge in [-0.3, -0.25) is 10.8 Å². The Morgan fingerprint density at radius 3 is 2.65 bits per heavy atom. The number of rotatable bonds is 5. The van der Waals surface area contributed by atoms with Gasteiger partial charge in [0.15, 0.2) is 0 Å². The fourth-order valence-corrected chi connectivity index (χ4v) is 2.08. The molecule has 0 atom stereocenters. The van der Waals surface area contributed by atoms with Gasteiger partial charge in [-0.15, -0.1) is 0 Å². The maximum atomic E-state index is 12.2. The number of hydrazine groups is 1. The Kier molecular flexibility index (Phi) is 4.34. The zero-order chi connectivity index (χ0) is 14.7. The van der Waals surface area contributed by atoms with Gasteiger partial charge in [0.05, 0.1) is 11.2 Å². The minimum absolute atomic E-state index is 0.0856. The number of halogens is 2. The lowest BCUT2D eigenvalue weighted by atomic mass is 10.1. The van der Waals surface area contributed by atoms with E-state index < -0.39 is 6.61 Å². The number of anilines is 1. The third kappa shape index (κ3) is 3.33. The van der Waals surface area contributed by atoms with Crippen LogP contribution in [0.4, 0.5) is 14.5 Å². The molecule has 108 valence electrons. The van der Waals surface area contributed by atoms with E-state index in [0.717, 1.165) is 12.1 Å². The molecule has 1 heterocycles. The minimum Gasteiger partial charge on any atom is -0.435 e. The molecule has 0 spiro atoms. The number of ether oxygens (including phenoxy) is 1. The molecule has 6 heteroatoms.